The molecule has 1 aromatic rings. The Morgan fingerprint density at radius 1 is 1.14 bits per heavy atom. The maximum absolute atomic E-state index is 5.72. The molecule has 1 N–H and O–H groups in total. The molecule has 1 aromatic heterocycles. The van der Waals surface area contributed by atoms with Crippen molar-refractivity contribution >= 4 is 0 Å². The van der Waals surface area contributed by atoms with Gasteiger partial charge in [0.25, 0.3) is 0 Å². The lowest BCUT2D eigenvalue weighted by Gasteiger charge is -2.44. The Bertz CT molecular complexity index is 424. The van der Waals surface area contributed by atoms with Crippen LogP contribution in [-0.2, 0) is 13.1 Å². The molecular formula is C18H30N2O. The van der Waals surface area contributed by atoms with E-state index in [-0.39, 0.29) is 0 Å². The van der Waals surface area contributed by atoms with E-state index in [9.17, 15) is 0 Å². The van der Waals surface area contributed by atoms with Gasteiger partial charge in [0.1, 0.15) is 5.76 Å². The largest absolute Gasteiger partial charge is 0.468 e. The fourth-order valence-electron chi connectivity index (χ4n) is 4.08. The van der Waals surface area contributed by atoms with Gasteiger partial charge in [-0.15, -0.1) is 0 Å². The number of furan rings is 1. The van der Waals surface area contributed by atoms with Gasteiger partial charge in [-0.05, 0) is 56.8 Å². The predicted molar refractivity (Wildman–Crippen MR) is 86.1 cm³/mol. The molecule has 1 saturated heterocycles. The van der Waals surface area contributed by atoms with Gasteiger partial charge in [0, 0.05) is 12.1 Å². The van der Waals surface area contributed by atoms with E-state index in [4.69, 9.17) is 4.42 Å². The summed E-state index contributed by atoms with van der Waals surface area (Å²) >= 11 is 0. The monoisotopic (exact) mass is 290 g/mol. The summed E-state index contributed by atoms with van der Waals surface area (Å²) in [4.78, 5) is 2.58. The second-order valence-electron chi connectivity index (χ2n) is 7.04. The van der Waals surface area contributed by atoms with Crippen LogP contribution in [0.1, 0.15) is 63.2 Å². The summed E-state index contributed by atoms with van der Waals surface area (Å²) < 4.78 is 5.72. The van der Waals surface area contributed by atoms with Gasteiger partial charge in [0.15, 0.2) is 0 Å². The number of hydrogen-bond donors (Lipinski definition) is 1. The first-order valence-corrected chi connectivity index (χ1v) is 8.79. The van der Waals surface area contributed by atoms with Crippen molar-refractivity contribution in [2.75, 3.05) is 19.6 Å². The van der Waals surface area contributed by atoms with E-state index >= 15 is 0 Å². The maximum atomic E-state index is 5.72. The number of likely N-dealkylation sites (tertiary alicyclic amines) is 1. The highest BCUT2D eigenvalue weighted by molar-refractivity contribution is 5.12. The SMILES string of the molecule is CCNCc1coc(CN2CCC3(CCCCC3)CC2)c1. The van der Waals surface area contributed by atoms with E-state index in [0.717, 1.165) is 25.4 Å². The van der Waals surface area contributed by atoms with Gasteiger partial charge in [0.05, 0.1) is 12.8 Å². The molecular weight excluding hydrogens is 260 g/mol. The summed E-state index contributed by atoms with van der Waals surface area (Å²) in [5.41, 5.74) is 1.97. The van der Waals surface area contributed by atoms with Crippen molar-refractivity contribution in [2.24, 2.45) is 5.41 Å². The molecule has 1 aliphatic heterocycles. The van der Waals surface area contributed by atoms with Gasteiger partial charge < -0.3 is 9.73 Å². The lowest BCUT2D eigenvalue weighted by Crippen LogP contribution is -2.40. The second-order valence-corrected chi connectivity index (χ2v) is 7.04. The van der Waals surface area contributed by atoms with Gasteiger partial charge in [-0.25, -0.2) is 0 Å². The summed E-state index contributed by atoms with van der Waals surface area (Å²) in [5, 5.41) is 3.35. The lowest BCUT2D eigenvalue weighted by atomic mass is 9.68. The first-order valence-electron chi connectivity index (χ1n) is 8.79. The fourth-order valence-corrected chi connectivity index (χ4v) is 4.08. The molecule has 3 nitrogen and oxygen atoms in total. The molecule has 21 heavy (non-hydrogen) atoms. The Balaban J connectivity index is 1.47. The van der Waals surface area contributed by atoms with Crippen molar-refractivity contribution < 1.29 is 4.42 Å². The van der Waals surface area contributed by atoms with Crippen molar-refractivity contribution in [3.05, 3.63) is 23.7 Å². The Hall–Kier alpha value is -0.800. The molecule has 118 valence electrons. The van der Waals surface area contributed by atoms with Crippen molar-refractivity contribution in [3.8, 4) is 0 Å². The molecule has 3 heteroatoms. The van der Waals surface area contributed by atoms with Gasteiger partial charge in [-0.2, -0.15) is 0 Å². The zero-order chi connectivity index (χ0) is 14.5. The van der Waals surface area contributed by atoms with E-state index in [0.29, 0.717) is 5.41 Å². The smallest absolute Gasteiger partial charge is 0.118 e. The second kappa shape index (κ2) is 6.97. The number of nitrogens with zero attached hydrogens (tertiary/aromatic N) is 1. The van der Waals surface area contributed by atoms with Crippen molar-refractivity contribution in [1.82, 2.24) is 10.2 Å². The van der Waals surface area contributed by atoms with Crippen molar-refractivity contribution in [2.45, 2.75) is 65.0 Å². The average molecular weight is 290 g/mol. The summed E-state index contributed by atoms with van der Waals surface area (Å²) in [7, 11) is 0. The molecule has 1 spiro atoms. The maximum Gasteiger partial charge on any atom is 0.118 e. The van der Waals surface area contributed by atoms with Crippen LogP contribution in [-0.4, -0.2) is 24.5 Å². The highest BCUT2D eigenvalue weighted by Gasteiger charge is 2.35. The third-order valence-electron chi connectivity index (χ3n) is 5.50. The Labute approximate surface area is 129 Å². The van der Waals surface area contributed by atoms with E-state index in [2.05, 4.69) is 23.2 Å². The van der Waals surface area contributed by atoms with Crippen LogP contribution in [0.15, 0.2) is 16.7 Å². The quantitative estimate of drug-likeness (QED) is 0.890. The van der Waals surface area contributed by atoms with Crippen molar-refractivity contribution in [1.29, 1.82) is 0 Å². The van der Waals surface area contributed by atoms with Crippen LogP contribution in [0.3, 0.4) is 0 Å². The van der Waals surface area contributed by atoms with Gasteiger partial charge in [-0.3, -0.25) is 4.90 Å². The van der Waals surface area contributed by atoms with Crippen LogP contribution >= 0.6 is 0 Å². The minimum atomic E-state index is 0.703. The zero-order valence-electron chi connectivity index (χ0n) is 13.5. The molecule has 3 rings (SSSR count). The van der Waals surface area contributed by atoms with Crippen LogP contribution in [0, 0.1) is 5.41 Å². The summed E-state index contributed by atoms with van der Waals surface area (Å²) in [6.45, 7) is 7.56. The third-order valence-corrected chi connectivity index (χ3v) is 5.50. The topological polar surface area (TPSA) is 28.4 Å². The predicted octanol–water partition coefficient (Wildman–Crippen LogP) is 3.94. The molecule has 1 aliphatic carbocycles. The van der Waals surface area contributed by atoms with Gasteiger partial charge in [-0.1, -0.05) is 26.2 Å². The van der Waals surface area contributed by atoms with Crippen molar-refractivity contribution in [3.63, 3.8) is 0 Å². The van der Waals surface area contributed by atoms with E-state index in [1.807, 2.05) is 6.26 Å². The molecule has 2 heterocycles. The summed E-state index contributed by atoms with van der Waals surface area (Å²) in [5.74, 6) is 1.13. The average Bonchev–Trinajstić information content (AvgIpc) is 2.96. The summed E-state index contributed by atoms with van der Waals surface area (Å²) in [6, 6.07) is 2.22. The normalized spacial score (nSPS) is 22.7. The van der Waals surface area contributed by atoms with E-state index in [1.165, 1.54) is 63.6 Å². The standard InChI is InChI=1S/C18H30N2O/c1-2-19-13-16-12-17(21-15-16)14-20-10-8-18(9-11-20)6-4-3-5-7-18/h12,15,19H,2-11,13-14H2,1H3. The first-order chi connectivity index (χ1) is 10.3. The summed E-state index contributed by atoms with van der Waals surface area (Å²) in [6.07, 6.45) is 12.1. The number of rotatable bonds is 5. The fraction of sp³-hybridized carbons (Fsp3) is 0.778. The molecule has 0 amide bonds. The van der Waals surface area contributed by atoms with Gasteiger partial charge in [0.2, 0.25) is 0 Å². The number of nitrogens with one attached hydrogen (secondary N) is 1. The zero-order valence-corrected chi connectivity index (χ0v) is 13.5. The molecule has 0 unspecified atom stereocenters. The van der Waals surface area contributed by atoms with E-state index in [1.54, 1.807) is 0 Å². The third kappa shape index (κ3) is 3.89. The van der Waals surface area contributed by atoms with E-state index < -0.39 is 0 Å². The molecule has 0 atom stereocenters. The highest BCUT2D eigenvalue weighted by atomic mass is 16.3. The van der Waals surface area contributed by atoms with Crippen LogP contribution in [0.4, 0.5) is 0 Å². The first kappa shape index (κ1) is 15.1. The minimum absolute atomic E-state index is 0.703. The molecule has 2 aliphatic rings. The van der Waals surface area contributed by atoms with Crippen LogP contribution in [0.25, 0.3) is 0 Å². The van der Waals surface area contributed by atoms with Crippen LogP contribution in [0.2, 0.25) is 0 Å². The molecule has 0 aromatic carbocycles. The van der Waals surface area contributed by atoms with Gasteiger partial charge >= 0.3 is 0 Å². The Morgan fingerprint density at radius 2 is 1.90 bits per heavy atom. The van der Waals surface area contributed by atoms with Crippen LogP contribution < -0.4 is 5.32 Å². The molecule has 0 radical (unpaired) electrons. The minimum Gasteiger partial charge on any atom is -0.468 e. The number of hydrogen-bond acceptors (Lipinski definition) is 3. The number of piperidine rings is 1. The Morgan fingerprint density at radius 3 is 2.62 bits per heavy atom. The molecule has 0 bridgehead atoms. The van der Waals surface area contributed by atoms with Crippen LogP contribution in [0.5, 0.6) is 0 Å². The lowest BCUT2D eigenvalue weighted by molar-refractivity contribution is 0.0608. The highest BCUT2D eigenvalue weighted by Crippen LogP contribution is 2.44. The Kier molecular flexibility index (Phi) is 5.02. The molecule has 2 fully saturated rings. The molecule has 1 saturated carbocycles.